The lowest BCUT2D eigenvalue weighted by atomic mass is 10.0. The van der Waals surface area contributed by atoms with Crippen molar-refractivity contribution in [3.8, 4) is 5.75 Å². The summed E-state index contributed by atoms with van der Waals surface area (Å²) in [6, 6.07) is 15.2. The normalized spacial score (nSPS) is 10.4. The molecule has 3 nitrogen and oxygen atoms in total. The van der Waals surface area contributed by atoms with Gasteiger partial charge in [-0.1, -0.05) is 30.3 Å². The molecule has 0 unspecified atom stereocenters. The molecular formula is C20H16FNO2. The second-order valence-corrected chi connectivity index (χ2v) is 5.42. The van der Waals surface area contributed by atoms with Crippen LogP contribution in [0.5, 0.6) is 5.75 Å². The summed E-state index contributed by atoms with van der Waals surface area (Å²) in [4.78, 5) is 16.7. The first-order chi connectivity index (χ1) is 11.6. The molecule has 0 radical (unpaired) electrons. The van der Waals surface area contributed by atoms with Crippen molar-refractivity contribution in [2.45, 2.75) is 13.5 Å². The molecule has 0 aliphatic heterocycles. The lowest BCUT2D eigenvalue weighted by molar-refractivity contribution is 0.103. The average molecular weight is 321 g/mol. The summed E-state index contributed by atoms with van der Waals surface area (Å²) in [6.07, 6.45) is 3.11. The highest BCUT2D eigenvalue weighted by atomic mass is 19.1. The van der Waals surface area contributed by atoms with Gasteiger partial charge in [0, 0.05) is 22.9 Å². The van der Waals surface area contributed by atoms with E-state index in [0.29, 0.717) is 23.5 Å². The molecule has 0 N–H and O–H groups in total. The fourth-order valence-corrected chi connectivity index (χ4v) is 2.37. The van der Waals surface area contributed by atoms with Gasteiger partial charge in [-0.25, -0.2) is 4.39 Å². The zero-order valence-corrected chi connectivity index (χ0v) is 13.2. The number of hydrogen-bond acceptors (Lipinski definition) is 3. The highest BCUT2D eigenvalue weighted by Crippen LogP contribution is 2.23. The number of rotatable bonds is 5. The van der Waals surface area contributed by atoms with Crippen LogP contribution in [0.3, 0.4) is 0 Å². The third kappa shape index (κ3) is 3.49. The van der Waals surface area contributed by atoms with Gasteiger partial charge in [0.15, 0.2) is 5.78 Å². The lowest BCUT2D eigenvalue weighted by Gasteiger charge is -2.12. The third-order valence-electron chi connectivity index (χ3n) is 3.76. The van der Waals surface area contributed by atoms with E-state index < -0.39 is 0 Å². The van der Waals surface area contributed by atoms with Crippen LogP contribution in [0.4, 0.5) is 4.39 Å². The topological polar surface area (TPSA) is 39.2 Å². The van der Waals surface area contributed by atoms with E-state index in [1.54, 1.807) is 6.20 Å². The maximum atomic E-state index is 13.0. The molecule has 4 heteroatoms. The molecule has 2 aromatic carbocycles. The van der Waals surface area contributed by atoms with Crippen molar-refractivity contribution in [1.82, 2.24) is 4.98 Å². The molecule has 0 aliphatic rings. The molecule has 0 spiro atoms. The largest absolute Gasteiger partial charge is 0.487 e. The Kier molecular flexibility index (Phi) is 4.66. The average Bonchev–Trinajstić information content (AvgIpc) is 2.62. The highest BCUT2D eigenvalue weighted by Gasteiger charge is 2.15. The highest BCUT2D eigenvalue weighted by molar-refractivity contribution is 6.09. The van der Waals surface area contributed by atoms with E-state index in [0.717, 1.165) is 11.1 Å². The number of carbonyl (C=O) groups is 1. The van der Waals surface area contributed by atoms with Crippen LogP contribution < -0.4 is 4.74 Å². The Hall–Kier alpha value is -3.01. The van der Waals surface area contributed by atoms with Crippen LogP contribution in [0, 0.1) is 12.7 Å². The lowest BCUT2D eigenvalue weighted by Crippen LogP contribution is -2.07. The molecule has 0 amide bonds. The van der Waals surface area contributed by atoms with E-state index in [4.69, 9.17) is 4.74 Å². The monoisotopic (exact) mass is 321 g/mol. The van der Waals surface area contributed by atoms with Gasteiger partial charge >= 0.3 is 0 Å². The summed E-state index contributed by atoms with van der Waals surface area (Å²) < 4.78 is 18.8. The number of aromatic nitrogens is 1. The Morgan fingerprint density at radius 2 is 1.75 bits per heavy atom. The summed E-state index contributed by atoms with van der Waals surface area (Å²) >= 11 is 0. The fourth-order valence-electron chi connectivity index (χ4n) is 2.37. The van der Waals surface area contributed by atoms with Gasteiger partial charge in [0.25, 0.3) is 0 Å². The predicted octanol–water partition coefficient (Wildman–Crippen LogP) is 4.34. The summed E-state index contributed by atoms with van der Waals surface area (Å²) in [5.41, 5.74) is 2.62. The Labute approximate surface area is 139 Å². The Bertz CT molecular complexity index is 845. The van der Waals surface area contributed by atoms with Gasteiger partial charge in [0.05, 0.1) is 6.20 Å². The van der Waals surface area contributed by atoms with Crippen molar-refractivity contribution < 1.29 is 13.9 Å². The first kappa shape index (κ1) is 15.9. The SMILES string of the molecule is Cc1c(OCc2ccccc2)cncc1C(=O)c1ccc(F)cc1. The van der Waals surface area contributed by atoms with Gasteiger partial charge in [0.2, 0.25) is 0 Å². The summed E-state index contributed by atoms with van der Waals surface area (Å²) in [7, 11) is 0. The van der Waals surface area contributed by atoms with Crippen molar-refractivity contribution >= 4 is 5.78 Å². The molecular weight excluding hydrogens is 305 g/mol. The van der Waals surface area contributed by atoms with Crippen LogP contribution in [0.1, 0.15) is 27.0 Å². The van der Waals surface area contributed by atoms with Crippen LogP contribution in [0.25, 0.3) is 0 Å². The number of ether oxygens (including phenoxy) is 1. The van der Waals surface area contributed by atoms with Crippen molar-refractivity contribution in [2.24, 2.45) is 0 Å². The van der Waals surface area contributed by atoms with Gasteiger partial charge < -0.3 is 4.74 Å². The van der Waals surface area contributed by atoms with E-state index in [2.05, 4.69) is 4.98 Å². The molecule has 24 heavy (non-hydrogen) atoms. The van der Waals surface area contributed by atoms with Crippen molar-refractivity contribution in [1.29, 1.82) is 0 Å². The zero-order valence-electron chi connectivity index (χ0n) is 13.2. The maximum absolute atomic E-state index is 13.0. The van der Waals surface area contributed by atoms with Crippen LogP contribution >= 0.6 is 0 Å². The molecule has 0 aliphatic carbocycles. The molecule has 1 heterocycles. The maximum Gasteiger partial charge on any atom is 0.194 e. The standard InChI is InChI=1S/C20H16FNO2/c1-14-18(20(23)16-7-9-17(21)10-8-16)11-22-12-19(14)24-13-15-5-3-2-4-6-15/h2-12H,13H2,1H3. The summed E-state index contributed by atoms with van der Waals surface area (Å²) in [5, 5.41) is 0. The van der Waals surface area contributed by atoms with Gasteiger partial charge in [-0.2, -0.15) is 0 Å². The van der Waals surface area contributed by atoms with Crippen LogP contribution in [0.15, 0.2) is 67.0 Å². The molecule has 120 valence electrons. The first-order valence-electron chi connectivity index (χ1n) is 7.57. The van der Waals surface area contributed by atoms with E-state index in [-0.39, 0.29) is 11.6 Å². The molecule has 0 saturated heterocycles. The Balaban J connectivity index is 1.82. The van der Waals surface area contributed by atoms with Gasteiger partial charge in [-0.05, 0) is 36.8 Å². The number of nitrogens with zero attached hydrogens (tertiary/aromatic N) is 1. The first-order valence-corrected chi connectivity index (χ1v) is 7.57. The van der Waals surface area contributed by atoms with E-state index in [1.165, 1.54) is 30.5 Å². The van der Waals surface area contributed by atoms with E-state index in [9.17, 15) is 9.18 Å². The van der Waals surface area contributed by atoms with Gasteiger partial charge in [-0.15, -0.1) is 0 Å². The molecule has 3 aromatic rings. The van der Waals surface area contributed by atoms with Crippen molar-refractivity contribution in [3.05, 3.63) is 95.1 Å². The second kappa shape index (κ2) is 7.04. The van der Waals surface area contributed by atoms with Gasteiger partial charge in [-0.3, -0.25) is 9.78 Å². The van der Waals surface area contributed by atoms with Crippen LogP contribution in [-0.4, -0.2) is 10.8 Å². The molecule has 1 aromatic heterocycles. The minimum atomic E-state index is -0.374. The number of pyridine rings is 1. The quantitative estimate of drug-likeness (QED) is 0.656. The number of hydrogen-bond donors (Lipinski definition) is 0. The fraction of sp³-hybridized carbons (Fsp3) is 0.100. The second-order valence-electron chi connectivity index (χ2n) is 5.42. The van der Waals surface area contributed by atoms with Gasteiger partial charge in [0.1, 0.15) is 18.2 Å². The smallest absolute Gasteiger partial charge is 0.194 e. The number of ketones is 1. The molecule has 3 rings (SSSR count). The minimum absolute atomic E-state index is 0.204. The molecule has 0 fully saturated rings. The molecule has 0 saturated carbocycles. The summed E-state index contributed by atoms with van der Waals surface area (Å²) in [6.45, 7) is 2.22. The Morgan fingerprint density at radius 1 is 1.04 bits per heavy atom. The molecule has 0 bridgehead atoms. The third-order valence-corrected chi connectivity index (χ3v) is 3.76. The molecule has 0 atom stereocenters. The number of benzene rings is 2. The predicted molar refractivity (Wildman–Crippen MR) is 89.6 cm³/mol. The van der Waals surface area contributed by atoms with E-state index >= 15 is 0 Å². The van der Waals surface area contributed by atoms with Crippen molar-refractivity contribution in [3.63, 3.8) is 0 Å². The summed E-state index contributed by atoms with van der Waals surface area (Å²) in [5.74, 6) is -0.0154. The van der Waals surface area contributed by atoms with Crippen molar-refractivity contribution in [2.75, 3.05) is 0 Å². The van der Waals surface area contributed by atoms with E-state index in [1.807, 2.05) is 37.3 Å². The minimum Gasteiger partial charge on any atom is -0.487 e. The number of halogens is 1. The zero-order chi connectivity index (χ0) is 16.9. The number of carbonyl (C=O) groups excluding carboxylic acids is 1. The Morgan fingerprint density at radius 3 is 2.46 bits per heavy atom. The van der Waals surface area contributed by atoms with Crippen LogP contribution in [-0.2, 0) is 6.61 Å². The van der Waals surface area contributed by atoms with Crippen LogP contribution in [0.2, 0.25) is 0 Å².